The van der Waals surface area contributed by atoms with Crippen LogP contribution >= 0.6 is 35.1 Å². The van der Waals surface area contributed by atoms with E-state index in [1.807, 2.05) is 20.8 Å². The Morgan fingerprint density at radius 2 is 2.20 bits per heavy atom. The van der Waals surface area contributed by atoms with Gasteiger partial charge in [0, 0.05) is 0 Å². The highest BCUT2D eigenvalue weighted by atomic mass is 35.5. The van der Waals surface area contributed by atoms with Crippen molar-refractivity contribution in [3.05, 3.63) is 5.15 Å². The molecule has 0 bridgehead atoms. The second-order valence-electron chi connectivity index (χ2n) is 3.74. The van der Waals surface area contributed by atoms with Crippen LogP contribution in [0.3, 0.4) is 0 Å². The molecule has 1 aromatic heterocycles. The van der Waals surface area contributed by atoms with Gasteiger partial charge in [0.15, 0.2) is 5.15 Å². The predicted molar refractivity (Wildman–Crippen MR) is 61.5 cm³/mol. The predicted octanol–water partition coefficient (Wildman–Crippen LogP) is 2.63. The molecule has 0 unspecified atom stereocenters. The zero-order chi connectivity index (χ0) is 11.5. The molecule has 0 aromatic carbocycles. The molecule has 15 heavy (non-hydrogen) atoms. The standard InChI is InChI=1S/C8H11ClN2O2S2/c1-8(2,3)13-5(12)4-14-7-6(9)10-15-11-7/h4H2,1-3H3. The van der Waals surface area contributed by atoms with Crippen molar-refractivity contribution in [2.45, 2.75) is 31.4 Å². The Morgan fingerprint density at radius 1 is 1.53 bits per heavy atom. The Morgan fingerprint density at radius 3 is 2.67 bits per heavy atom. The molecule has 0 amide bonds. The smallest absolute Gasteiger partial charge is 0.316 e. The van der Waals surface area contributed by atoms with Crippen LogP contribution in [0.2, 0.25) is 5.15 Å². The summed E-state index contributed by atoms with van der Waals surface area (Å²) in [6.45, 7) is 5.48. The van der Waals surface area contributed by atoms with Crippen LogP contribution in [0.15, 0.2) is 5.03 Å². The second kappa shape index (κ2) is 5.14. The number of aromatic nitrogens is 2. The quantitative estimate of drug-likeness (QED) is 0.622. The summed E-state index contributed by atoms with van der Waals surface area (Å²) in [4.78, 5) is 11.3. The minimum atomic E-state index is -0.457. The number of esters is 1. The van der Waals surface area contributed by atoms with Gasteiger partial charge in [-0.1, -0.05) is 23.4 Å². The molecule has 1 rings (SSSR count). The van der Waals surface area contributed by atoms with E-state index >= 15 is 0 Å². The summed E-state index contributed by atoms with van der Waals surface area (Å²) >= 11 is 7.98. The molecule has 1 heterocycles. The van der Waals surface area contributed by atoms with E-state index in [1.165, 1.54) is 11.8 Å². The van der Waals surface area contributed by atoms with Gasteiger partial charge in [0.05, 0.1) is 17.5 Å². The minimum absolute atomic E-state index is 0.197. The topological polar surface area (TPSA) is 52.1 Å². The molecule has 0 saturated heterocycles. The van der Waals surface area contributed by atoms with E-state index in [4.69, 9.17) is 16.3 Å². The minimum Gasteiger partial charge on any atom is -0.459 e. The van der Waals surface area contributed by atoms with Crippen molar-refractivity contribution in [3.63, 3.8) is 0 Å². The number of carbonyl (C=O) groups is 1. The molecule has 0 aliphatic rings. The summed E-state index contributed by atoms with van der Waals surface area (Å²) < 4.78 is 12.9. The Labute approximate surface area is 102 Å². The van der Waals surface area contributed by atoms with Crippen LogP contribution in [0.5, 0.6) is 0 Å². The molecule has 84 valence electrons. The van der Waals surface area contributed by atoms with Gasteiger partial charge >= 0.3 is 5.97 Å². The summed E-state index contributed by atoms with van der Waals surface area (Å²) in [7, 11) is 0. The number of ether oxygens (including phenoxy) is 1. The maximum absolute atomic E-state index is 11.3. The number of nitrogens with zero attached hydrogens (tertiary/aromatic N) is 2. The number of carbonyl (C=O) groups excluding carboxylic acids is 1. The normalized spacial score (nSPS) is 11.5. The Kier molecular flexibility index (Phi) is 4.36. The third-order valence-electron chi connectivity index (χ3n) is 1.17. The van der Waals surface area contributed by atoms with Gasteiger partial charge in [-0.25, -0.2) is 0 Å². The molecular weight excluding hydrogens is 256 g/mol. The molecule has 0 atom stereocenters. The first kappa shape index (κ1) is 12.7. The first-order valence-corrected chi connectivity index (χ1v) is 6.30. The lowest BCUT2D eigenvalue weighted by Gasteiger charge is -2.18. The Hall–Kier alpha value is -0.330. The fourth-order valence-electron chi connectivity index (χ4n) is 0.754. The lowest BCUT2D eigenvalue weighted by atomic mass is 10.2. The zero-order valence-electron chi connectivity index (χ0n) is 8.61. The molecule has 0 aliphatic carbocycles. The van der Waals surface area contributed by atoms with Gasteiger partial charge in [0.25, 0.3) is 0 Å². The number of hydrogen-bond donors (Lipinski definition) is 0. The summed E-state index contributed by atoms with van der Waals surface area (Å²) in [6, 6.07) is 0. The van der Waals surface area contributed by atoms with Gasteiger partial charge in [-0.15, -0.1) is 0 Å². The summed E-state index contributed by atoms with van der Waals surface area (Å²) in [5.41, 5.74) is -0.457. The number of rotatable bonds is 3. The van der Waals surface area contributed by atoms with Gasteiger partial charge < -0.3 is 4.74 Å². The fourth-order valence-corrected chi connectivity index (χ4v) is 2.31. The Balaban J connectivity index is 2.38. The second-order valence-corrected chi connectivity index (χ2v) is 5.59. The monoisotopic (exact) mass is 266 g/mol. The fraction of sp³-hybridized carbons (Fsp3) is 0.625. The van der Waals surface area contributed by atoms with Crippen molar-refractivity contribution in [1.29, 1.82) is 0 Å². The van der Waals surface area contributed by atoms with Crippen LogP contribution in [0.25, 0.3) is 0 Å². The average molecular weight is 267 g/mol. The molecule has 7 heteroatoms. The molecular formula is C8H11ClN2O2S2. The first-order valence-electron chi connectivity index (χ1n) is 4.21. The van der Waals surface area contributed by atoms with E-state index in [-0.39, 0.29) is 11.7 Å². The van der Waals surface area contributed by atoms with Crippen molar-refractivity contribution < 1.29 is 9.53 Å². The van der Waals surface area contributed by atoms with Crippen molar-refractivity contribution in [3.8, 4) is 0 Å². The van der Waals surface area contributed by atoms with Gasteiger partial charge in [0.2, 0.25) is 0 Å². The highest BCUT2D eigenvalue weighted by molar-refractivity contribution is 8.00. The third-order valence-corrected chi connectivity index (χ3v) is 3.23. The van der Waals surface area contributed by atoms with E-state index in [9.17, 15) is 4.79 Å². The molecule has 1 aromatic rings. The van der Waals surface area contributed by atoms with E-state index in [2.05, 4.69) is 8.75 Å². The van der Waals surface area contributed by atoms with Gasteiger partial charge in [-0.2, -0.15) is 8.75 Å². The largest absolute Gasteiger partial charge is 0.459 e. The molecule has 0 N–H and O–H groups in total. The highest BCUT2D eigenvalue weighted by Crippen LogP contribution is 2.24. The van der Waals surface area contributed by atoms with E-state index < -0.39 is 5.60 Å². The number of thioether (sulfide) groups is 1. The van der Waals surface area contributed by atoms with Crippen LogP contribution in [0.1, 0.15) is 20.8 Å². The first-order chi connectivity index (χ1) is 6.88. The maximum Gasteiger partial charge on any atom is 0.316 e. The molecule has 0 fully saturated rings. The van der Waals surface area contributed by atoms with Crippen molar-refractivity contribution >= 4 is 41.1 Å². The van der Waals surface area contributed by atoms with E-state index in [0.717, 1.165) is 11.7 Å². The number of hydrogen-bond acceptors (Lipinski definition) is 6. The van der Waals surface area contributed by atoms with Gasteiger partial charge in [-0.3, -0.25) is 4.79 Å². The lowest BCUT2D eigenvalue weighted by molar-refractivity contribution is -0.151. The van der Waals surface area contributed by atoms with Crippen LogP contribution < -0.4 is 0 Å². The van der Waals surface area contributed by atoms with Crippen molar-refractivity contribution in [1.82, 2.24) is 8.75 Å². The summed E-state index contributed by atoms with van der Waals surface area (Å²) in [5, 5.41) is 0.918. The van der Waals surface area contributed by atoms with Crippen LogP contribution in [-0.2, 0) is 9.53 Å². The molecule has 0 saturated carbocycles. The number of halogens is 1. The SMILES string of the molecule is CC(C)(C)OC(=O)CSc1nsnc1Cl. The maximum atomic E-state index is 11.3. The van der Waals surface area contributed by atoms with Gasteiger partial charge in [0.1, 0.15) is 10.6 Å². The zero-order valence-corrected chi connectivity index (χ0v) is 11.0. The molecule has 0 radical (unpaired) electrons. The van der Waals surface area contributed by atoms with E-state index in [0.29, 0.717) is 10.2 Å². The van der Waals surface area contributed by atoms with Crippen LogP contribution in [-0.4, -0.2) is 26.1 Å². The van der Waals surface area contributed by atoms with Crippen molar-refractivity contribution in [2.24, 2.45) is 0 Å². The van der Waals surface area contributed by atoms with Gasteiger partial charge in [-0.05, 0) is 20.8 Å². The highest BCUT2D eigenvalue weighted by Gasteiger charge is 2.17. The molecule has 4 nitrogen and oxygen atoms in total. The molecule has 0 aliphatic heterocycles. The molecule has 0 spiro atoms. The van der Waals surface area contributed by atoms with Crippen molar-refractivity contribution in [2.75, 3.05) is 5.75 Å². The lowest BCUT2D eigenvalue weighted by Crippen LogP contribution is -2.24. The van der Waals surface area contributed by atoms with Crippen LogP contribution in [0.4, 0.5) is 0 Å². The van der Waals surface area contributed by atoms with E-state index in [1.54, 1.807) is 0 Å². The Bertz CT molecular complexity index is 349. The van der Waals surface area contributed by atoms with Crippen LogP contribution in [0, 0.1) is 0 Å². The average Bonchev–Trinajstić information content (AvgIpc) is 2.44. The summed E-state index contributed by atoms with van der Waals surface area (Å²) in [5.74, 6) is -0.0841. The third kappa shape index (κ3) is 4.81. The summed E-state index contributed by atoms with van der Waals surface area (Å²) in [6.07, 6.45) is 0.